The summed E-state index contributed by atoms with van der Waals surface area (Å²) in [5.41, 5.74) is 0.682. The first-order valence-corrected chi connectivity index (χ1v) is 11.2. The third-order valence-corrected chi connectivity index (χ3v) is 8.27. The number of carbonyl (C=O) groups is 1. The monoisotopic (exact) mass is 420 g/mol. The second-order valence-corrected chi connectivity index (χ2v) is 10.2. The first kappa shape index (κ1) is 18.4. The third-order valence-electron chi connectivity index (χ3n) is 4.67. The highest BCUT2D eigenvalue weighted by molar-refractivity contribution is 7.91. The average Bonchev–Trinajstić information content (AvgIpc) is 3.32. The maximum absolute atomic E-state index is 12.9. The SMILES string of the molecule is O=C(Nc1cccc2ccccc12)[C@@H]1CCCN1S(=O)(=O)c1ccc(Cl)s1. The number of benzene rings is 2. The van der Waals surface area contributed by atoms with Gasteiger partial charge in [-0.25, -0.2) is 8.42 Å². The summed E-state index contributed by atoms with van der Waals surface area (Å²) < 4.78 is 27.7. The van der Waals surface area contributed by atoms with Crippen molar-refractivity contribution in [1.82, 2.24) is 4.31 Å². The third kappa shape index (κ3) is 3.48. The van der Waals surface area contributed by atoms with E-state index in [2.05, 4.69) is 5.32 Å². The van der Waals surface area contributed by atoms with Crippen molar-refractivity contribution in [1.29, 1.82) is 0 Å². The van der Waals surface area contributed by atoms with Crippen LogP contribution in [0.1, 0.15) is 12.8 Å². The Balaban J connectivity index is 1.61. The minimum atomic E-state index is -3.74. The molecule has 1 aliphatic heterocycles. The Hall–Kier alpha value is -1.93. The van der Waals surface area contributed by atoms with Crippen molar-refractivity contribution in [2.75, 3.05) is 11.9 Å². The number of hydrogen-bond acceptors (Lipinski definition) is 4. The fraction of sp³-hybridized carbons (Fsp3) is 0.211. The number of anilines is 1. The van der Waals surface area contributed by atoms with Gasteiger partial charge in [0.1, 0.15) is 10.3 Å². The molecule has 1 aromatic heterocycles. The van der Waals surface area contributed by atoms with Gasteiger partial charge < -0.3 is 5.32 Å². The molecule has 1 N–H and O–H groups in total. The number of rotatable bonds is 4. The van der Waals surface area contributed by atoms with Crippen LogP contribution in [-0.4, -0.2) is 31.2 Å². The molecule has 1 amide bonds. The summed E-state index contributed by atoms with van der Waals surface area (Å²) in [6.45, 7) is 0.325. The largest absolute Gasteiger partial charge is 0.324 e. The number of hydrogen-bond donors (Lipinski definition) is 1. The molecule has 0 unspecified atom stereocenters. The zero-order chi connectivity index (χ0) is 19.0. The van der Waals surface area contributed by atoms with Gasteiger partial charge in [-0.3, -0.25) is 4.79 Å². The van der Waals surface area contributed by atoms with Crippen LogP contribution >= 0.6 is 22.9 Å². The summed E-state index contributed by atoms with van der Waals surface area (Å²) in [4.78, 5) is 12.9. The lowest BCUT2D eigenvalue weighted by molar-refractivity contribution is -0.119. The molecule has 3 aromatic rings. The molecular formula is C19H17ClN2O3S2. The van der Waals surface area contributed by atoms with E-state index in [1.807, 2.05) is 42.5 Å². The maximum Gasteiger partial charge on any atom is 0.253 e. The number of fused-ring (bicyclic) bond motifs is 1. The summed E-state index contributed by atoms with van der Waals surface area (Å²) in [6.07, 6.45) is 1.14. The van der Waals surface area contributed by atoms with Crippen molar-refractivity contribution in [2.45, 2.75) is 23.1 Å². The second-order valence-electron chi connectivity index (χ2n) is 6.35. The van der Waals surface area contributed by atoms with Crippen LogP contribution in [0, 0.1) is 0 Å². The zero-order valence-corrected chi connectivity index (χ0v) is 16.7. The predicted octanol–water partition coefficient (Wildman–Crippen LogP) is 4.35. The highest BCUT2D eigenvalue weighted by atomic mass is 35.5. The molecule has 0 saturated carbocycles. The van der Waals surface area contributed by atoms with Gasteiger partial charge in [-0.05, 0) is 36.4 Å². The molecule has 0 aliphatic carbocycles. The Bertz CT molecular complexity index is 1110. The Morgan fingerprint density at radius 1 is 1.11 bits per heavy atom. The summed E-state index contributed by atoms with van der Waals surface area (Å²) in [5, 5.41) is 4.85. The van der Waals surface area contributed by atoms with Gasteiger partial charge in [0, 0.05) is 17.6 Å². The van der Waals surface area contributed by atoms with Crippen molar-refractivity contribution >= 4 is 55.3 Å². The van der Waals surface area contributed by atoms with E-state index in [9.17, 15) is 13.2 Å². The van der Waals surface area contributed by atoms with E-state index in [0.29, 0.717) is 29.4 Å². The van der Waals surface area contributed by atoms with Gasteiger partial charge in [-0.1, -0.05) is 48.0 Å². The van der Waals surface area contributed by atoms with Crippen molar-refractivity contribution in [3.63, 3.8) is 0 Å². The quantitative estimate of drug-likeness (QED) is 0.682. The van der Waals surface area contributed by atoms with Gasteiger partial charge in [0.2, 0.25) is 5.91 Å². The summed E-state index contributed by atoms with van der Waals surface area (Å²) in [6, 6.07) is 15.7. The topological polar surface area (TPSA) is 66.5 Å². The van der Waals surface area contributed by atoms with Crippen molar-refractivity contribution in [3.8, 4) is 0 Å². The van der Waals surface area contributed by atoms with E-state index < -0.39 is 16.1 Å². The summed E-state index contributed by atoms with van der Waals surface area (Å²) in [7, 11) is -3.74. The smallest absolute Gasteiger partial charge is 0.253 e. The van der Waals surface area contributed by atoms with Gasteiger partial charge >= 0.3 is 0 Å². The molecule has 2 heterocycles. The molecular weight excluding hydrogens is 404 g/mol. The Labute approximate surface area is 166 Å². The molecule has 4 rings (SSSR count). The fourth-order valence-electron chi connectivity index (χ4n) is 3.39. The number of amides is 1. The molecule has 1 atom stereocenters. The maximum atomic E-state index is 12.9. The normalized spacial score (nSPS) is 18.0. The molecule has 1 fully saturated rings. The molecule has 8 heteroatoms. The van der Waals surface area contributed by atoms with E-state index in [-0.39, 0.29) is 10.1 Å². The first-order valence-electron chi connectivity index (χ1n) is 8.52. The van der Waals surface area contributed by atoms with Crippen LogP contribution in [0.3, 0.4) is 0 Å². The van der Waals surface area contributed by atoms with E-state index in [1.54, 1.807) is 6.07 Å². The Morgan fingerprint density at radius 3 is 2.67 bits per heavy atom. The van der Waals surface area contributed by atoms with Crippen LogP contribution in [0.5, 0.6) is 0 Å². The fourth-order valence-corrected chi connectivity index (χ4v) is 6.66. The average molecular weight is 421 g/mol. The van der Waals surface area contributed by atoms with E-state index in [4.69, 9.17) is 11.6 Å². The molecule has 0 radical (unpaired) electrons. The van der Waals surface area contributed by atoms with Crippen LogP contribution in [0.15, 0.2) is 58.8 Å². The van der Waals surface area contributed by atoms with Gasteiger partial charge in [-0.2, -0.15) is 4.31 Å². The summed E-state index contributed by atoms with van der Waals surface area (Å²) in [5.74, 6) is -0.310. The first-order chi connectivity index (χ1) is 13.0. The molecule has 27 heavy (non-hydrogen) atoms. The van der Waals surface area contributed by atoms with Crippen molar-refractivity contribution < 1.29 is 13.2 Å². The van der Waals surface area contributed by atoms with Crippen LogP contribution < -0.4 is 5.32 Å². The highest BCUT2D eigenvalue weighted by Gasteiger charge is 2.40. The lowest BCUT2D eigenvalue weighted by Gasteiger charge is -2.23. The minimum Gasteiger partial charge on any atom is -0.324 e. The molecule has 1 saturated heterocycles. The minimum absolute atomic E-state index is 0.164. The Morgan fingerprint density at radius 2 is 1.89 bits per heavy atom. The second kappa shape index (κ2) is 7.24. The number of sulfonamides is 1. The van der Waals surface area contributed by atoms with Gasteiger partial charge in [0.25, 0.3) is 10.0 Å². The molecule has 2 aromatic carbocycles. The predicted molar refractivity (Wildman–Crippen MR) is 109 cm³/mol. The van der Waals surface area contributed by atoms with Crippen molar-refractivity contribution in [3.05, 3.63) is 58.9 Å². The van der Waals surface area contributed by atoms with Crippen LogP contribution in [0.25, 0.3) is 10.8 Å². The number of nitrogens with zero attached hydrogens (tertiary/aromatic N) is 1. The van der Waals surface area contributed by atoms with Gasteiger partial charge in [0.15, 0.2) is 0 Å². The Kier molecular flexibility index (Phi) is 4.94. The van der Waals surface area contributed by atoms with Gasteiger partial charge in [-0.15, -0.1) is 11.3 Å². The van der Waals surface area contributed by atoms with Crippen LogP contribution in [-0.2, 0) is 14.8 Å². The van der Waals surface area contributed by atoms with E-state index >= 15 is 0 Å². The molecule has 140 valence electrons. The number of halogens is 1. The molecule has 0 spiro atoms. The standard InChI is InChI=1S/C19H17ClN2O3S2/c20-17-10-11-18(26-17)27(24,25)22-12-4-9-16(22)19(23)21-15-8-3-6-13-5-1-2-7-14(13)15/h1-3,5-8,10-11,16H,4,9,12H2,(H,21,23)/t16-/m0/s1. The van der Waals surface area contributed by atoms with Crippen LogP contribution in [0.4, 0.5) is 5.69 Å². The number of carbonyl (C=O) groups excluding carboxylic acids is 1. The lowest BCUT2D eigenvalue weighted by Crippen LogP contribution is -2.42. The molecule has 5 nitrogen and oxygen atoms in total. The highest BCUT2D eigenvalue weighted by Crippen LogP contribution is 2.33. The van der Waals surface area contributed by atoms with Crippen molar-refractivity contribution in [2.24, 2.45) is 0 Å². The molecule has 0 bridgehead atoms. The van der Waals surface area contributed by atoms with E-state index in [0.717, 1.165) is 22.1 Å². The lowest BCUT2D eigenvalue weighted by atomic mass is 10.1. The zero-order valence-electron chi connectivity index (χ0n) is 14.3. The van der Waals surface area contributed by atoms with Gasteiger partial charge in [0.05, 0.1) is 4.34 Å². The molecule has 1 aliphatic rings. The van der Waals surface area contributed by atoms with Crippen LogP contribution in [0.2, 0.25) is 4.34 Å². The van der Waals surface area contributed by atoms with E-state index in [1.165, 1.54) is 10.4 Å². The number of thiophene rings is 1. The number of nitrogens with one attached hydrogen (secondary N) is 1. The summed E-state index contributed by atoms with van der Waals surface area (Å²) >= 11 is 6.90.